The minimum atomic E-state index is -0.460. The van der Waals surface area contributed by atoms with Gasteiger partial charge in [0.15, 0.2) is 6.29 Å². The number of carbonyl (C=O) groups excluding carboxylic acids is 3. The minimum Gasteiger partial charge on any atom is -0.379 e. The molecule has 0 aliphatic carbocycles. The number of rotatable bonds is 12. The number of carbonyl (C=O) groups is 3. The van der Waals surface area contributed by atoms with E-state index in [1.54, 1.807) is 30.3 Å². The third kappa shape index (κ3) is 18.5. The van der Waals surface area contributed by atoms with Gasteiger partial charge in [-0.2, -0.15) is 0 Å². The predicted molar refractivity (Wildman–Crippen MR) is 183 cm³/mol. The number of alkyl halides is 1. The highest BCUT2D eigenvalue weighted by atomic mass is 32.2. The molecule has 1 amide bonds. The first-order chi connectivity index (χ1) is 21.3. The molecule has 0 radical (unpaired) electrons. The normalized spacial score (nSPS) is 17.6. The number of ether oxygens (including phenoxy) is 1. The number of nitrogens with two attached hydrogens (primary N) is 1. The van der Waals surface area contributed by atoms with Crippen LogP contribution in [0, 0.1) is 5.92 Å². The van der Waals surface area contributed by atoms with E-state index in [9.17, 15) is 18.8 Å². The fourth-order valence-corrected chi connectivity index (χ4v) is 4.90. The molecular formula is C32H57FN6O4S. The molecule has 252 valence electrons. The summed E-state index contributed by atoms with van der Waals surface area (Å²) in [5.74, 6) is 0.136. The summed E-state index contributed by atoms with van der Waals surface area (Å²) in [6.07, 6.45) is 8.39. The Kier molecular flexibility index (Phi) is 25.6. The number of aromatic nitrogens is 1. The smallest absolute Gasteiger partial charge is 0.211 e. The Morgan fingerprint density at radius 1 is 1.16 bits per heavy atom. The number of anilines is 1. The summed E-state index contributed by atoms with van der Waals surface area (Å²) in [4.78, 5) is 36.4. The molecule has 12 heteroatoms. The maximum absolute atomic E-state index is 11.9. The third-order valence-electron chi connectivity index (χ3n) is 7.13. The van der Waals surface area contributed by atoms with Gasteiger partial charge < -0.3 is 30.5 Å². The van der Waals surface area contributed by atoms with Crippen LogP contribution in [0.4, 0.5) is 10.1 Å². The number of aromatic amines is 1. The van der Waals surface area contributed by atoms with E-state index in [1.807, 2.05) is 33.9 Å². The molecule has 1 aromatic carbocycles. The zero-order valence-electron chi connectivity index (χ0n) is 27.6. The van der Waals surface area contributed by atoms with Gasteiger partial charge in [-0.25, -0.2) is 8.70 Å². The molecule has 0 spiro atoms. The molecule has 3 atom stereocenters. The number of benzene rings is 1. The fraction of sp³-hybridized carbons (Fsp3) is 0.656. The molecule has 0 bridgehead atoms. The van der Waals surface area contributed by atoms with Crippen molar-refractivity contribution in [2.75, 3.05) is 58.9 Å². The van der Waals surface area contributed by atoms with Crippen molar-refractivity contribution in [2.24, 2.45) is 11.7 Å². The summed E-state index contributed by atoms with van der Waals surface area (Å²) in [6.45, 7) is 12.9. The zero-order chi connectivity index (χ0) is 33.2. The van der Waals surface area contributed by atoms with Crippen molar-refractivity contribution in [1.29, 1.82) is 0 Å². The van der Waals surface area contributed by atoms with E-state index in [2.05, 4.69) is 38.2 Å². The van der Waals surface area contributed by atoms with Crippen LogP contribution in [0.3, 0.4) is 0 Å². The Labute approximate surface area is 268 Å². The highest BCUT2D eigenvalue weighted by molar-refractivity contribution is 7.95. The second-order valence-electron chi connectivity index (χ2n) is 10.4. The summed E-state index contributed by atoms with van der Waals surface area (Å²) in [6, 6.07) is 7.62. The van der Waals surface area contributed by atoms with Gasteiger partial charge in [-0.15, -0.1) is 0 Å². The van der Waals surface area contributed by atoms with Gasteiger partial charge in [-0.05, 0) is 83.9 Å². The van der Waals surface area contributed by atoms with Gasteiger partial charge in [0.05, 0.1) is 18.9 Å². The number of hydrogen-bond acceptors (Lipinski definition) is 9. The van der Waals surface area contributed by atoms with Crippen LogP contribution in [0.15, 0.2) is 24.3 Å². The lowest BCUT2D eigenvalue weighted by Crippen LogP contribution is -2.32. The van der Waals surface area contributed by atoms with Gasteiger partial charge in [0.25, 0.3) is 0 Å². The highest BCUT2D eigenvalue weighted by Crippen LogP contribution is 2.19. The van der Waals surface area contributed by atoms with Crippen LogP contribution in [0.2, 0.25) is 0 Å². The average Bonchev–Trinajstić information content (AvgIpc) is 3.66. The molecule has 10 nitrogen and oxygen atoms in total. The van der Waals surface area contributed by atoms with Crippen LogP contribution in [-0.4, -0.2) is 98.9 Å². The zero-order valence-corrected chi connectivity index (χ0v) is 28.5. The van der Waals surface area contributed by atoms with Crippen LogP contribution in [-0.2, 0) is 14.3 Å². The summed E-state index contributed by atoms with van der Waals surface area (Å²) in [7, 11) is 4.12. The Balaban J connectivity index is 0.000000565. The van der Waals surface area contributed by atoms with Gasteiger partial charge in [0.1, 0.15) is 13.0 Å². The molecule has 2 aliphatic heterocycles. The predicted octanol–water partition coefficient (Wildman–Crippen LogP) is 5.46. The van der Waals surface area contributed by atoms with E-state index >= 15 is 0 Å². The van der Waals surface area contributed by atoms with Crippen molar-refractivity contribution in [3.8, 4) is 0 Å². The second-order valence-corrected chi connectivity index (χ2v) is 11.5. The van der Waals surface area contributed by atoms with E-state index in [4.69, 9.17) is 10.5 Å². The Morgan fingerprint density at radius 3 is 2.34 bits per heavy atom. The highest BCUT2D eigenvalue weighted by Gasteiger charge is 2.14. The molecule has 3 heterocycles. The number of morpholine rings is 1. The summed E-state index contributed by atoms with van der Waals surface area (Å²) < 4.78 is 22.3. The largest absolute Gasteiger partial charge is 0.379 e. The summed E-state index contributed by atoms with van der Waals surface area (Å²) in [5, 5.41) is 3.45. The van der Waals surface area contributed by atoms with Crippen molar-refractivity contribution in [2.45, 2.75) is 78.3 Å². The maximum atomic E-state index is 11.9. The lowest BCUT2D eigenvalue weighted by atomic mass is 9.99. The standard InChI is InChI=1S/C10H8N2O2.C9H18FNO.C6H13N.C5H12N2OS.C2H6/c13-5-9-4-7-3-8(11-6-14)1-2-10(7)12-9;1-2-8(7-12)4-3-5-9(11)6-10;1-6-4-3-5-7(6)2;1-6-9-7-2-4-8-5-3-7;1-2/h1-6,12H,(H,11,14);7-9H,2-6,11H2,1H3;6H,3-5H2,1-2H3;6H,2-5H2,1H3;1-2H3. The lowest BCUT2D eigenvalue weighted by molar-refractivity contribution is -0.111. The van der Waals surface area contributed by atoms with Crippen molar-refractivity contribution in [1.82, 2.24) is 18.9 Å². The van der Waals surface area contributed by atoms with Crippen LogP contribution < -0.4 is 15.8 Å². The van der Waals surface area contributed by atoms with E-state index in [0.717, 1.165) is 75.1 Å². The molecule has 3 unspecified atom stereocenters. The first-order valence-corrected chi connectivity index (χ1v) is 16.5. The van der Waals surface area contributed by atoms with Crippen LogP contribution in [0.25, 0.3) is 10.9 Å². The molecular weight excluding hydrogens is 583 g/mol. The number of likely N-dealkylation sites (tertiary alicyclic amines) is 1. The van der Waals surface area contributed by atoms with Gasteiger partial charge >= 0.3 is 0 Å². The Hall–Kier alpha value is -2.35. The van der Waals surface area contributed by atoms with E-state index in [-0.39, 0.29) is 12.0 Å². The van der Waals surface area contributed by atoms with Crippen LogP contribution in [0.5, 0.6) is 0 Å². The number of fused-ring (bicyclic) bond motifs is 1. The SMILES string of the molecule is CC.CC1CCCN1C.CCC(C=O)CCCC(N)CF.CNSN1CCOCC1.O=CNc1ccc2[nH]c(C=O)cc2c1. The van der Waals surface area contributed by atoms with Gasteiger partial charge in [0.2, 0.25) is 6.41 Å². The third-order valence-corrected chi connectivity index (χ3v) is 7.94. The molecule has 5 N–H and O–H groups in total. The fourth-order valence-electron chi connectivity index (χ4n) is 4.31. The molecule has 2 saturated heterocycles. The molecule has 1 aromatic heterocycles. The number of nitrogens with zero attached hydrogens (tertiary/aromatic N) is 2. The Bertz CT molecular complexity index is 998. The number of nitrogens with one attached hydrogen (secondary N) is 3. The molecule has 44 heavy (non-hydrogen) atoms. The molecule has 4 rings (SSSR count). The van der Waals surface area contributed by atoms with E-state index < -0.39 is 6.67 Å². The molecule has 2 fully saturated rings. The van der Waals surface area contributed by atoms with Gasteiger partial charge in [-0.3, -0.25) is 14.3 Å². The van der Waals surface area contributed by atoms with E-state index in [1.165, 1.54) is 19.4 Å². The monoisotopic (exact) mass is 640 g/mol. The van der Waals surface area contributed by atoms with Crippen LogP contribution >= 0.6 is 12.1 Å². The average molecular weight is 641 g/mol. The van der Waals surface area contributed by atoms with Crippen molar-refractivity contribution in [3.05, 3.63) is 30.0 Å². The lowest BCUT2D eigenvalue weighted by Gasteiger charge is -2.24. The summed E-state index contributed by atoms with van der Waals surface area (Å²) in [5.41, 5.74) is 7.50. The minimum absolute atomic E-state index is 0.136. The number of hydrogen-bond donors (Lipinski definition) is 4. The molecule has 2 aliphatic rings. The van der Waals surface area contributed by atoms with Crippen molar-refractivity contribution < 1.29 is 23.5 Å². The van der Waals surface area contributed by atoms with Crippen molar-refractivity contribution >= 4 is 47.7 Å². The number of H-pyrrole nitrogens is 1. The summed E-state index contributed by atoms with van der Waals surface area (Å²) >= 11 is 1.66. The van der Waals surface area contributed by atoms with Gasteiger partial charge in [0, 0.05) is 59.8 Å². The second kappa shape index (κ2) is 27.0. The molecule has 0 saturated carbocycles. The molecule has 2 aromatic rings. The number of aldehydes is 2. The van der Waals surface area contributed by atoms with Crippen molar-refractivity contribution in [3.63, 3.8) is 0 Å². The number of halogens is 1. The van der Waals surface area contributed by atoms with E-state index in [0.29, 0.717) is 24.2 Å². The topological polar surface area (TPSA) is 133 Å². The first-order valence-electron chi connectivity index (χ1n) is 15.7. The van der Waals surface area contributed by atoms with Crippen LogP contribution in [0.1, 0.15) is 76.7 Å². The van der Waals surface area contributed by atoms with Gasteiger partial charge in [-0.1, -0.05) is 27.2 Å². The quantitative estimate of drug-likeness (QED) is 0.176. The Morgan fingerprint density at radius 2 is 1.86 bits per heavy atom. The number of amides is 1. The maximum Gasteiger partial charge on any atom is 0.211 e. The first kappa shape index (κ1) is 41.7.